The van der Waals surface area contributed by atoms with Crippen molar-refractivity contribution >= 4 is 27.3 Å². The minimum atomic E-state index is -3.95. The summed E-state index contributed by atoms with van der Waals surface area (Å²) in [4.78, 5) is 12.9. The number of hydrogen-bond donors (Lipinski definition) is 1. The monoisotopic (exact) mass is 482 g/mol. The molecule has 0 spiro atoms. The number of rotatable bonds is 8. The third-order valence-corrected chi connectivity index (χ3v) is 7.16. The van der Waals surface area contributed by atoms with E-state index in [0.717, 1.165) is 5.56 Å². The lowest BCUT2D eigenvalue weighted by Crippen LogP contribution is -2.34. The van der Waals surface area contributed by atoms with Crippen molar-refractivity contribution in [3.8, 4) is 17.2 Å². The lowest BCUT2D eigenvalue weighted by molar-refractivity contribution is -0.116. The number of carbonyl (C=O) groups is 1. The van der Waals surface area contributed by atoms with Crippen LogP contribution in [0.3, 0.4) is 0 Å². The molecule has 8 nitrogen and oxygen atoms in total. The molecule has 1 heterocycles. The molecule has 0 unspecified atom stereocenters. The van der Waals surface area contributed by atoms with Gasteiger partial charge in [-0.2, -0.15) is 0 Å². The van der Waals surface area contributed by atoms with Gasteiger partial charge >= 0.3 is 0 Å². The number of hydrogen-bond acceptors (Lipinski definition) is 6. The van der Waals surface area contributed by atoms with E-state index in [4.69, 9.17) is 14.2 Å². The largest absolute Gasteiger partial charge is 0.495 e. The number of benzene rings is 3. The van der Waals surface area contributed by atoms with E-state index < -0.39 is 10.0 Å². The molecule has 0 radical (unpaired) electrons. The predicted molar refractivity (Wildman–Crippen MR) is 129 cm³/mol. The average molecular weight is 483 g/mol. The Labute approximate surface area is 199 Å². The van der Waals surface area contributed by atoms with E-state index in [-0.39, 0.29) is 23.8 Å². The zero-order valence-electron chi connectivity index (χ0n) is 19.0. The van der Waals surface area contributed by atoms with Crippen molar-refractivity contribution in [3.05, 3.63) is 72.3 Å². The summed E-state index contributed by atoms with van der Waals surface area (Å²) in [6.45, 7) is 2.73. The fraction of sp³-hybridized carbons (Fsp3) is 0.240. The smallest absolute Gasteiger partial charge is 0.264 e. The van der Waals surface area contributed by atoms with Gasteiger partial charge in [0, 0.05) is 24.7 Å². The number of fused-ring (bicyclic) bond motifs is 1. The average Bonchev–Trinajstić information content (AvgIpc) is 2.84. The van der Waals surface area contributed by atoms with Gasteiger partial charge in [0.05, 0.1) is 17.7 Å². The summed E-state index contributed by atoms with van der Waals surface area (Å²) in [6, 6.07) is 18.5. The molecule has 1 N–H and O–H groups in total. The van der Waals surface area contributed by atoms with Crippen LogP contribution in [0, 0.1) is 6.92 Å². The van der Waals surface area contributed by atoms with Crippen LogP contribution >= 0.6 is 0 Å². The van der Waals surface area contributed by atoms with E-state index in [0.29, 0.717) is 41.8 Å². The summed E-state index contributed by atoms with van der Waals surface area (Å²) in [7, 11) is -2.47. The Morgan fingerprint density at radius 1 is 1.00 bits per heavy atom. The van der Waals surface area contributed by atoms with Gasteiger partial charge in [-0.15, -0.1) is 0 Å². The third kappa shape index (κ3) is 5.09. The van der Waals surface area contributed by atoms with Crippen LogP contribution in [0.15, 0.2) is 71.6 Å². The van der Waals surface area contributed by atoms with Gasteiger partial charge < -0.3 is 19.5 Å². The SMILES string of the molecule is COc1ccccc1N(CCC(=O)Nc1ccc2c(c1)OCCO2)S(=O)(=O)c1ccc(C)cc1. The number of nitrogens with one attached hydrogen (secondary N) is 1. The Balaban J connectivity index is 1.56. The third-order valence-electron chi connectivity index (χ3n) is 5.33. The molecule has 1 aliphatic heterocycles. The molecule has 1 aliphatic rings. The molecular formula is C25H26N2O6S. The van der Waals surface area contributed by atoms with Crippen molar-refractivity contribution in [1.29, 1.82) is 0 Å². The number of carbonyl (C=O) groups excluding carboxylic acids is 1. The van der Waals surface area contributed by atoms with Crippen molar-refractivity contribution in [1.82, 2.24) is 0 Å². The van der Waals surface area contributed by atoms with E-state index in [2.05, 4.69) is 5.32 Å². The lowest BCUT2D eigenvalue weighted by Gasteiger charge is -2.26. The maximum absolute atomic E-state index is 13.6. The maximum atomic E-state index is 13.6. The molecule has 4 rings (SSSR count). The second kappa shape index (κ2) is 10.0. The van der Waals surface area contributed by atoms with Crippen LogP contribution in [-0.2, 0) is 14.8 Å². The summed E-state index contributed by atoms with van der Waals surface area (Å²) in [5, 5.41) is 2.80. The molecule has 0 saturated heterocycles. The number of anilines is 2. The first-order chi connectivity index (χ1) is 16.4. The van der Waals surface area contributed by atoms with E-state index in [9.17, 15) is 13.2 Å². The molecular weight excluding hydrogens is 456 g/mol. The van der Waals surface area contributed by atoms with E-state index >= 15 is 0 Å². The Bertz CT molecular complexity index is 1270. The van der Waals surface area contributed by atoms with E-state index in [1.165, 1.54) is 11.4 Å². The van der Waals surface area contributed by atoms with Crippen LogP contribution in [0.2, 0.25) is 0 Å². The Morgan fingerprint density at radius 2 is 1.71 bits per heavy atom. The van der Waals surface area contributed by atoms with Gasteiger partial charge in [-0.05, 0) is 43.3 Å². The predicted octanol–water partition coefficient (Wildman–Crippen LogP) is 4.00. The molecule has 3 aromatic carbocycles. The van der Waals surface area contributed by atoms with Crippen molar-refractivity contribution in [3.63, 3.8) is 0 Å². The molecule has 0 atom stereocenters. The Morgan fingerprint density at radius 3 is 2.44 bits per heavy atom. The maximum Gasteiger partial charge on any atom is 0.264 e. The fourth-order valence-corrected chi connectivity index (χ4v) is 5.07. The van der Waals surface area contributed by atoms with Crippen LogP contribution in [-0.4, -0.2) is 41.2 Å². The molecule has 0 aliphatic carbocycles. The molecule has 0 aromatic heterocycles. The van der Waals surface area contributed by atoms with Gasteiger partial charge in [0.1, 0.15) is 19.0 Å². The minimum Gasteiger partial charge on any atom is -0.495 e. The minimum absolute atomic E-state index is 0.0718. The molecule has 1 amide bonds. The first-order valence-electron chi connectivity index (χ1n) is 10.8. The van der Waals surface area contributed by atoms with E-state index in [1.807, 2.05) is 6.92 Å². The molecule has 9 heteroatoms. The van der Waals surface area contributed by atoms with Crippen LogP contribution in [0.1, 0.15) is 12.0 Å². The van der Waals surface area contributed by atoms with Crippen LogP contribution in [0.25, 0.3) is 0 Å². The molecule has 34 heavy (non-hydrogen) atoms. The van der Waals surface area contributed by atoms with Crippen molar-refractivity contribution in [2.75, 3.05) is 36.5 Å². The highest BCUT2D eigenvalue weighted by Crippen LogP contribution is 2.34. The second-order valence-electron chi connectivity index (χ2n) is 7.72. The van der Waals surface area contributed by atoms with Crippen molar-refractivity contribution < 1.29 is 27.4 Å². The molecule has 3 aromatic rings. The second-order valence-corrected chi connectivity index (χ2v) is 9.58. The first-order valence-corrected chi connectivity index (χ1v) is 12.2. The Hall–Kier alpha value is -3.72. The zero-order valence-corrected chi connectivity index (χ0v) is 19.8. The summed E-state index contributed by atoms with van der Waals surface area (Å²) in [6.07, 6.45) is -0.0718. The number of aryl methyl sites for hydroxylation is 1. The van der Waals surface area contributed by atoms with Crippen LogP contribution in [0.4, 0.5) is 11.4 Å². The topological polar surface area (TPSA) is 94.2 Å². The number of methoxy groups -OCH3 is 1. The lowest BCUT2D eigenvalue weighted by atomic mass is 10.2. The quantitative estimate of drug-likeness (QED) is 0.522. The highest BCUT2D eigenvalue weighted by Gasteiger charge is 2.28. The summed E-state index contributed by atoms with van der Waals surface area (Å²) < 4.78 is 44.8. The summed E-state index contributed by atoms with van der Waals surface area (Å²) in [5.41, 5.74) is 1.85. The van der Waals surface area contributed by atoms with Crippen molar-refractivity contribution in [2.24, 2.45) is 0 Å². The van der Waals surface area contributed by atoms with Gasteiger partial charge in [-0.25, -0.2) is 8.42 Å². The van der Waals surface area contributed by atoms with E-state index in [1.54, 1.807) is 66.7 Å². The number of ether oxygens (including phenoxy) is 3. The number of amides is 1. The fourth-order valence-electron chi connectivity index (χ4n) is 3.59. The van der Waals surface area contributed by atoms with Gasteiger partial charge in [0.25, 0.3) is 10.0 Å². The molecule has 178 valence electrons. The zero-order chi connectivity index (χ0) is 24.1. The standard InChI is InChI=1S/C25H26N2O6S/c1-18-7-10-20(11-8-18)34(29,30)27(21-5-3-4-6-22(21)31-2)14-13-25(28)26-19-9-12-23-24(17-19)33-16-15-32-23/h3-12,17H,13-16H2,1-2H3,(H,26,28). The van der Waals surface area contributed by atoms with Crippen molar-refractivity contribution in [2.45, 2.75) is 18.2 Å². The molecule has 0 bridgehead atoms. The number of nitrogens with zero attached hydrogens (tertiary/aromatic N) is 1. The van der Waals surface area contributed by atoms with Crippen LogP contribution in [0.5, 0.6) is 17.2 Å². The Kier molecular flexibility index (Phi) is 6.93. The molecule has 0 saturated carbocycles. The number of para-hydroxylation sites is 2. The van der Waals surface area contributed by atoms with Gasteiger partial charge in [0.2, 0.25) is 5.91 Å². The van der Waals surface area contributed by atoms with Crippen LogP contribution < -0.4 is 23.8 Å². The molecule has 0 fully saturated rings. The number of sulfonamides is 1. The van der Waals surface area contributed by atoms with Gasteiger partial charge in [-0.3, -0.25) is 9.10 Å². The highest BCUT2D eigenvalue weighted by molar-refractivity contribution is 7.92. The van der Waals surface area contributed by atoms with Gasteiger partial charge in [-0.1, -0.05) is 29.8 Å². The normalized spacial score (nSPS) is 12.6. The summed E-state index contributed by atoms with van der Waals surface area (Å²) >= 11 is 0. The van der Waals surface area contributed by atoms with Gasteiger partial charge in [0.15, 0.2) is 11.5 Å². The first kappa shape index (κ1) is 23.4. The highest BCUT2D eigenvalue weighted by atomic mass is 32.2. The summed E-state index contributed by atoms with van der Waals surface area (Å²) in [5.74, 6) is 1.23.